The van der Waals surface area contributed by atoms with Gasteiger partial charge in [0.2, 0.25) is 0 Å². The monoisotopic (exact) mass is 699 g/mol. The lowest BCUT2D eigenvalue weighted by atomic mass is 9.91. The number of rotatable bonds is 7. The van der Waals surface area contributed by atoms with Crippen molar-refractivity contribution in [1.29, 1.82) is 0 Å². The Morgan fingerprint density at radius 3 is 1.29 bits per heavy atom. The van der Waals surface area contributed by atoms with Gasteiger partial charge in [0.1, 0.15) is 0 Å². The van der Waals surface area contributed by atoms with Crippen LogP contribution in [0.4, 0.5) is 17.1 Å². The van der Waals surface area contributed by atoms with Crippen LogP contribution in [0.3, 0.4) is 0 Å². The Balaban J connectivity index is 1.12. The number of fused-ring (bicyclic) bond motifs is 3. The molecule has 0 aliphatic rings. The predicted octanol–water partition coefficient (Wildman–Crippen LogP) is 15.3. The van der Waals surface area contributed by atoms with Gasteiger partial charge in [0.15, 0.2) is 0 Å². The second-order valence-corrected chi connectivity index (χ2v) is 14.1. The maximum Gasteiger partial charge on any atom is 0.0468 e. The van der Waals surface area contributed by atoms with Crippen molar-refractivity contribution in [2.75, 3.05) is 4.90 Å². The highest BCUT2D eigenvalue weighted by atomic mass is 15.1. The van der Waals surface area contributed by atoms with Gasteiger partial charge in [0.05, 0.1) is 0 Å². The summed E-state index contributed by atoms with van der Waals surface area (Å²) < 4.78 is 0. The molecule has 0 unspecified atom stereocenters. The zero-order valence-corrected chi connectivity index (χ0v) is 30.3. The summed E-state index contributed by atoms with van der Waals surface area (Å²) in [7, 11) is 0. The summed E-state index contributed by atoms with van der Waals surface area (Å²) in [6.45, 7) is 0. The molecule has 55 heavy (non-hydrogen) atoms. The zero-order valence-electron chi connectivity index (χ0n) is 30.3. The van der Waals surface area contributed by atoms with Gasteiger partial charge in [-0.1, -0.05) is 188 Å². The lowest BCUT2D eigenvalue weighted by molar-refractivity contribution is 1.29. The molecule has 0 aliphatic carbocycles. The summed E-state index contributed by atoms with van der Waals surface area (Å²) in [5.74, 6) is 0. The van der Waals surface area contributed by atoms with E-state index in [1.54, 1.807) is 0 Å². The van der Waals surface area contributed by atoms with Gasteiger partial charge in [-0.25, -0.2) is 0 Å². The van der Waals surface area contributed by atoms with E-state index in [-0.39, 0.29) is 0 Å². The molecule has 0 radical (unpaired) electrons. The van der Waals surface area contributed by atoms with E-state index in [1.165, 1.54) is 76.8 Å². The lowest BCUT2D eigenvalue weighted by Gasteiger charge is -2.27. The molecule has 0 saturated carbocycles. The van der Waals surface area contributed by atoms with Crippen molar-refractivity contribution < 1.29 is 0 Å². The summed E-state index contributed by atoms with van der Waals surface area (Å²) in [6.07, 6.45) is 0. The molecule has 0 N–H and O–H groups in total. The van der Waals surface area contributed by atoms with Crippen molar-refractivity contribution in [2.24, 2.45) is 0 Å². The molecule has 10 aromatic carbocycles. The molecule has 0 fully saturated rings. The van der Waals surface area contributed by atoms with Crippen molar-refractivity contribution in [1.82, 2.24) is 0 Å². The van der Waals surface area contributed by atoms with Crippen molar-refractivity contribution >= 4 is 49.4 Å². The third kappa shape index (κ3) is 6.02. The summed E-state index contributed by atoms with van der Waals surface area (Å²) >= 11 is 0. The highest BCUT2D eigenvalue weighted by Gasteiger charge is 2.17. The predicted molar refractivity (Wildman–Crippen MR) is 235 cm³/mol. The molecule has 10 rings (SSSR count). The fourth-order valence-electron chi connectivity index (χ4n) is 8.21. The van der Waals surface area contributed by atoms with Crippen molar-refractivity contribution in [3.63, 3.8) is 0 Å². The first-order valence-corrected chi connectivity index (χ1v) is 18.9. The minimum atomic E-state index is 1.10. The Bertz CT molecular complexity index is 2940. The third-order valence-corrected chi connectivity index (χ3v) is 10.9. The van der Waals surface area contributed by atoms with Gasteiger partial charge in [0, 0.05) is 17.1 Å². The highest BCUT2D eigenvalue weighted by Crippen LogP contribution is 2.42. The molecule has 0 bridgehead atoms. The van der Waals surface area contributed by atoms with Crippen LogP contribution in [-0.2, 0) is 0 Å². The summed E-state index contributed by atoms with van der Waals surface area (Å²) in [5.41, 5.74) is 13.1. The number of nitrogens with zero attached hydrogens (tertiary/aromatic N) is 1. The average molecular weight is 700 g/mol. The molecule has 0 atom stereocenters. The van der Waals surface area contributed by atoms with E-state index < -0.39 is 0 Å². The first kappa shape index (κ1) is 32.4. The van der Waals surface area contributed by atoms with Gasteiger partial charge in [-0.05, 0) is 113 Å². The molecular weight excluding hydrogens is 663 g/mol. The van der Waals surface area contributed by atoms with Crippen LogP contribution in [-0.4, -0.2) is 0 Å². The third-order valence-electron chi connectivity index (χ3n) is 10.9. The average Bonchev–Trinajstić information content (AvgIpc) is 3.27. The van der Waals surface area contributed by atoms with E-state index in [2.05, 4.69) is 229 Å². The van der Waals surface area contributed by atoms with E-state index in [0.717, 1.165) is 17.1 Å². The van der Waals surface area contributed by atoms with Crippen LogP contribution in [0.1, 0.15) is 0 Å². The van der Waals surface area contributed by atoms with Crippen molar-refractivity contribution in [3.05, 3.63) is 224 Å². The second-order valence-electron chi connectivity index (χ2n) is 14.1. The van der Waals surface area contributed by atoms with Gasteiger partial charge < -0.3 is 4.90 Å². The largest absolute Gasteiger partial charge is 0.310 e. The molecule has 0 aromatic heterocycles. The topological polar surface area (TPSA) is 3.24 Å². The van der Waals surface area contributed by atoms with Crippen molar-refractivity contribution in [2.45, 2.75) is 0 Å². The fraction of sp³-hybridized carbons (Fsp3) is 0. The molecule has 1 heteroatoms. The molecule has 0 heterocycles. The van der Waals surface area contributed by atoms with E-state index in [9.17, 15) is 0 Å². The molecular formula is C54H37N. The Morgan fingerprint density at radius 2 is 0.655 bits per heavy atom. The Morgan fingerprint density at radius 1 is 0.236 bits per heavy atom. The number of hydrogen-bond acceptors (Lipinski definition) is 1. The van der Waals surface area contributed by atoms with Crippen LogP contribution >= 0.6 is 0 Å². The van der Waals surface area contributed by atoms with Crippen LogP contribution in [0.2, 0.25) is 0 Å². The van der Waals surface area contributed by atoms with E-state index in [1.807, 2.05) is 0 Å². The Hall–Kier alpha value is -7.22. The number of anilines is 3. The van der Waals surface area contributed by atoms with Crippen LogP contribution < -0.4 is 4.90 Å². The van der Waals surface area contributed by atoms with Gasteiger partial charge in [-0.2, -0.15) is 0 Å². The van der Waals surface area contributed by atoms with Gasteiger partial charge in [-0.15, -0.1) is 0 Å². The highest BCUT2D eigenvalue weighted by molar-refractivity contribution is 6.08. The molecule has 0 amide bonds. The SMILES string of the molecule is c1ccc(-c2ccc(N(c3ccc(-c4cccc5cccc(-c6ccccc6)c45)cc3)c3ccc4cccc(-c5cccc6ccccc56)c4c3)cc2)cc1. The number of benzene rings is 10. The molecule has 0 saturated heterocycles. The molecule has 0 aliphatic heterocycles. The van der Waals surface area contributed by atoms with Crippen LogP contribution in [0, 0.1) is 0 Å². The van der Waals surface area contributed by atoms with E-state index >= 15 is 0 Å². The summed E-state index contributed by atoms with van der Waals surface area (Å²) in [6, 6.07) is 81.4. The molecule has 258 valence electrons. The van der Waals surface area contributed by atoms with Gasteiger partial charge in [-0.3, -0.25) is 0 Å². The molecule has 0 spiro atoms. The van der Waals surface area contributed by atoms with E-state index in [4.69, 9.17) is 0 Å². The van der Waals surface area contributed by atoms with Crippen LogP contribution in [0.25, 0.3) is 76.8 Å². The normalized spacial score (nSPS) is 11.3. The quantitative estimate of drug-likeness (QED) is 0.160. The summed E-state index contributed by atoms with van der Waals surface area (Å²) in [5, 5.41) is 7.46. The first-order valence-electron chi connectivity index (χ1n) is 18.9. The molecule has 10 aromatic rings. The maximum absolute atomic E-state index is 2.39. The number of hydrogen-bond donors (Lipinski definition) is 0. The summed E-state index contributed by atoms with van der Waals surface area (Å²) in [4.78, 5) is 2.39. The smallest absolute Gasteiger partial charge is 0.0468 e. The molecule has 1 nitrogen and oxygen atoms in total. The minimum Gasteiger partial charge on any atom is -0.310 e. The fourth-order valence-corrected chi connectivity index (χ4v) is 8.21. The van der Waals surface area contributed by atoms with Gasteiger partial charge >= 0.3 is 0 Å². The standard InChI is InChI=1S/C54H37N/c1-3-13-38(14-4-1)39-27-32-45(33-28-39)55(47-36-31-42-19-10-26-52(53(42)37-47)51-25-9-18-40-17-7-8-22-48(40)51)46-34-29-43(30-35-46)50-24-12-21-44-20-11-23-49(54(44)50)41-15-5-2-6-16-41/h1-37H. The van der Waals surface area contributed by atoms with Crippen LogP contribution in [0.15, 0.2) is 224 Å². The Kier molecular flexibility index (Phi) is 8.24. The van der Waals surface area contributed by atoms with E-state index in [0.29, 0.717) is 0 Å². The van der Waals surface area contributed by atoms with Crippen LogP contribution in [0.5, 0.6) is 0 Å². The lowest BCUT2D eigenvalue weighted by Crippen LogP contribution is -2.10. The van der Waals surface area contributed by atoms with Crippen molar-refractivity contribution in [3.8, 4) is 44.5 Å². The first-order chi connectivity index (χ1) is 27.3. The maximum atomic E-state index is 2.39. The Labute approximate surface area is 322 Å². The van der Waals surface area contributed by atoms with Gasteiger partial charge in [0.25, 0.3) is 0 Å². The minimum absolute atomic E-state index is 1.10. The second kappa shape index (κ2) is 14.0. The zero-order chi connectivity index (χ0) is 36.6.